The Morgan fingerprint density at radius 1 is 1.21 bits per heavy atom. The van der Waals surface area contributed by atoms with Gasteiger partial charge in [0.15, 0.2) is 0 Å². The van der Waals surface area contributed by atoms with Crippen LogP contribution in [0.3, 0.4) is 0 Å². The SMILES string of the molecule is O=C(CSc1ccccc1Cl)Nc1cc(Cl)ccc1-n1cncn1. The number of halogens is 2. The molecule has 0 aliphatic heterocycles. The Morgan fingerprint density at radius 3 is 2.79 bits per heavy atom. The molecule has 0 aliphatic carbocycles. The molecule has 24 heavy (non-hydrogen) atoms. The molecular weight excluding hydrogens is 367 g/mol. The highest BCUT2D eigenvalue weighted by molar-refractivity contribution is 8.00. The highest BCUT2D eigenvalue weighted by Gasteiger charge is 2.11. The summed E-state index contributed by atoms with van der Waals surface area (Å²) in [6.45, 7) is 0. The third-order valence-corrected chi connectivity index (χ3v) is 4.84. The van der Waals surface area contributed by atoms with Crippen LogP contribution in [0, 0.1) is 0 Å². The van der Waals surface area contributed by atoms with Crippen LogP contribution in [0.5, 0.6) is 0 Å². The molecule has 122 valence electrons. The van der Waals surface area contributed by atoms with Gasteiger partial charge in [0, 0.05) is 9.92 Å². The smallest absolute Gasteiger partial charge is 0.234 e. The van der Waals surface area contributed by atoms with E-state index in [1.807, 2.05) is 18.2 Å². The van der Waals surface area contributed by atoms with E-state index < -0.39 is 0 Å². The number of rotatable bonds is 5. The maximum atomic E-state index is 12.3. The molecule has 0 unspecified atom stereocenters. The van der Waals surface area contributed by atoms with Crippen molar-refractivity contribution < 1.29 is 4.79 Å². The van der Waals surface area contributed by atoms with Crippen LogP contribution in [-0.2, 0) is 4.79 Å². The molecule has 0 saturated heterocycles. The van der Waals surface area contributed by atoms with Crippen LogP contribution in [0.4, 0.5) is 5.69 Å². The zero-order valence-corrected chi connectivity index (χ0v) is 14.6. The molecule has 0 aliphatic rings. The van der Waals surface area contributed by atoms with Crippen LogP contribution in [0.15, 0.2) is 60.0 Å². The minimum Gasteiger partial charge on any atom is -0.323 e. The molecule has 0 fully saturated rings. The van der Waals surface area contributed by atoms with E-state index in [0.29, 0.717) is 21.4 Å². The van der Waals surface area contributed by atoms with Crippen molar-refractivity contribution in [3.05, 3.63) is 65.2 Å². The Labute approximate surface area is 153 Å². The van der Waals surface area contributed by atoms with Crippen molar-refractivity contribution in [2.75, 3.05) is 11.1 Å². The number of hydrogen-bond acceptors (Lipinski definition) is 4. The standard InChI is InChI=1S/C16H12Cl2N4OS/c17-11-5-6-14(22-10-19-9-20-22)13(7-11)21-16(23)8-24-15-4-2-1-3-12(15)18/h1-7,9-10H,8H2,(H,21,23). The lowest BCUT2D eigenvalue weighted by Crippen LogP contribution is -2.16. The number of carbonyl (C=O) groups excluding carboxylic acids is 1. The summed E-state index contributed by atoms with van der Waals surface area (Å²) in [7, 11) is 0. The van der Waals surface area contributed by atoms with Crippen LogP contribution in [0.25, 0.3) is 5.69 Å². The first kappa shape index (κ1) is 16.8. The fourth-order valence-electron chi connectivity index (χ4n) is 2.03. The van der Waals surface area contributed by atoms with Gasteiger partial charge in [-0.3, -0.25) is 4.79 Å². The van der Waals surface area contributed by atoms with Crippen LogP contribution in [-0.4, -0.2) is 26.4 Å². The Bertz CT molecular complexity index is 855. The lowest BCUT2D eigenvalue weighted by molar-refractivity contribution is -0.113. The lowest BCUT2D eigenvalue weighted by atomic mass is 10.2. The van der Waals surface area contributed by atoms with Gasteiger partial charge in [-0.25, -0.2) is 9.67 Å². The molecule has 3 rings (SSSR count). The van der Waals surface area contributed by atoms with E-state index in [2.05, 4.69) is 15.4 Å². The van der Waals surface area contributed by atoms with Gasteiger partial charge in [-0.2, -0.15) is 5.10 Å². The molecule has 1 aromatic heterocycles. The number of carbonyl (C=O) groups is 1. The van der Waals surface area contributed by atoms with Gasteiger partial charge in [0.05, 0.1) is 22.2 Å². The van der Waals surface area contributed by atoms with Gasteiger partial charge in [0.25, 0.3) is 0 Å². The number of aromatic nitrogens is 3. The normalized spacial score (nSPS) is 10.6. The van der Waals surface area contributed by atoms with Crippen molar-refractivity contribution in [1.82, 2.24) is 14.8 Å². The van der Waals surface area contributed by atoms with Crippen LogP contribution < -0.4 is 5.32 Å². The summed E-state index contributed by atoms with van der Waals surface area (Å²) in [5.41, 5.74) is 1.26. The molecule has 0 radical (unpaired) electrons. The van der Waals surface area contributed by atoms with Gasteiger partial charge in [0.2, 0.25) is 5.91 Å². The monoisotopic (exact) mass is 378 g/mol. The van der Waals surface area contributed by atoms with E-state index in [-0.39, 0.29) is 11.7 Å². The van der Waals surface area contributed by atoms with Crippen LogP contribution in [0.1, 0.15) is 0 Å². The fourth-order valence-corrected chi connectivity index (χ4v) is 3.24. The fraction of sp³-hybridized carbons (Fsp3) is 0.0625. The summed E-state index contributed by atoms with van der Waals surface area (Å²) >= 11 is 13.5. The van der Waals surface area contributed by atoms with Crippen molar-refractivity contribution >= 4 is 46.6 Å². The quantitative estimate of drug-likeness (QED) is 0.672. The number of anilines is 1. The molecule has 0 spiro atoms. The second-order valence-electron chi connectivity index (χ2n) is 4.77. The second kappa shape index (κ2) is 7.70. The predicted molar refractivity (Wildman–Crippen MR) is 97.2 cm³/mol. The van der Waals surface area contributed by atoms with Gasteiger partial charge in [0.1, 0.15) is 12.7 Å². The summed E-state index contributed by atoms with van der Waals surface area (Å²) in [4.78, 5) is 17.0. The average Bonchev–Trinajstić information content (AvgIpc) is 3.08. The van der Waals surface area contributed by atoms with E-state index >= 15 is 0 Å². The Kier molecular flexibility index (Phi) is 5.40. The molecule has 1 amide bonds. The molecule has 0 bridgehead atoms. The van der Waals surface area contributed by atoms with Gasteiger partial charge in [-0.15, -0.1) is 11.8 Å². The van der Waals surface area contributed by atoms with Gasteiger partial charge in [-0.1, -0.05) is 35.3 Å². The largest absolute Gasteiger partial charge is 0.323 e. The van der Waals surface area contributed by atoms with E-state index in [1.54, 1.807) is 35.3 Å². The third kappa shape index (κ3) is 4.08. The average molecular weight is 379 g/mol. The number of thioether (sulfide) groups is 1. The molecular formula is C16H12Cl2N4OS. The Hall–Kier alpha value is -2.02. The number of hydrogen-bond donors (Lipinski definition) is 1. The summed E-state index contributed by atoms with van der Waals surface area (Å²) < 4.78 is 1.56. The number of nitrogens with one attached hydrogen (secondary N) is 1. The molecule has 2 aromatic carbocycles. The van der Waals surface area contributed by atoms with E-state index in [9.17, 15) is 4.79 Å². The zero-order valence-electron chi connectivity index (χ0n) is 12.3. The number of benzene rings is 2. The second-order valence-corrected chi connectivity index (χ2v) is 6.63. The molecule has 5 nitrogen and oxygen atoms in total. The molecule has 8 heteroatoms. The third-order valence-electron chi connectivity index (χ3n) is 3.09. The highest BCUT2D eigenvalue weighted by atomic mass is 35.5. The Morgan fingerprint density at radius 2 is 2.04 bits per heavy atom. The lowest BCUT2D eigenvalue weighted by Gasteiger charge is -2.11. The predicted octanol–water partition coefficient (Wildman–Crippen LogP) is 4.30. The van der Waals surface area contributed by atoms with Gasteiger partial charge in [-0.05, 0) is 30.3 Å². The maximum absolute atomic E-state index is 12.3. The van der Waals surface area contributed by atoms with Crippen molar-refractivity contribution in [3.63, 3.8) is 0 Å². The summed E-state index contributed by atoms with van der Waals surface area (Å²) in [5.74, 6) is 0.0658. The summed E-state index contributed by atoms with van der Waals surface area (Å²) in [6, 6.07) is 12.6. The summed E-state index contributed by atoms with van der Waals surface area (Å²) in [6.07, 6.45) is 2.98. The molecule has 0 atom stereocenters. The first-order chi connectivity index (χ1) is 11.6. The summed E-state index contributed by atoms with van der Waals surface area (Å²) in [5, 5.41) is 8.08. The molecule has 3 aromatic rings. The minimum absolute atomic E-state index is 0.163. The van der Waals surface area contributed by atoms with Crippen LogP contribution >= 0.6 is 35.0 Å². The molecule has 1 heterocycles. The van der Waals surface area contributed by atoms with Crippen molar-refractivity contribution in [1.29, 1.82) is 0 Å². The molecule has 0 saturated carbocycles. The van der Waals surface area contributed by atoms with Crippen LogP contribution in [0.2, 0.25) is 10.0 Å². The number of nitrogens with zero attached hydrogens (tertiary/aromatic N) is 3. The van der Waals surface area contributed by atoms with Crippen molar-refractivity contribution in [2.45, 2.75) is 4.90 Å². The van der Waals surface area contributed by atoms with Crippen molar-refractivity contribution in [2.24, 2.45) is 0 Å². The van der Waals surface area contributed by atoms with Gasteiger partial charge < -0.3 is 5.32 Å². The van der Waals surface area contributed by atoms with Crippen molar-refractivity contribution in [3.8, 4) is 5.69 Å². The van der Waals surface area contributed by atoms with E-state index in [0.717, 1.165) is 4.90 Å². The van der Waals surface area contributed by atoms with E-state index in [4.69, 9.17) is 23.2 Å². The first-order valence-electron chi connectivity index (χ1n) is 6.95. The van der Waals surface area contributed by atoms with Gasteiger partial charge >= 0.3 is 0 Å². The maximum Gasteiger partial charge on any atom is 0.234 e. The molecule has 1 N–H and O–H groups in total. The minimum atomic E-state index is -0.163. The van der Waals surface area contributed by atoms with E-state index in [1.165, 1.54) is 18.1 Å². The topological polar surface area (TPSA) is 59.8 Å². The highest BCUT2D eigenvalue weighted by Crippen LogP contribution is 2.28. The number of amides is 1. The first-order valence-corrected chi connectivity index (χ1v) is 8.69. The zero-order chi connectivity index (χ0) is 16.9. The Balaban J connectivity index is 1.72.